The van der Waals surface area contributed by atoms with Crippen LogP contribution in [-0.2, 0) is 9.53 Å². The first-order valence-electron chi connectivity index (χ1n) is 9.99. The van der Waals surface area contributed by atoms with E-state index in [1.165, 1.54) is 0 Å². The molecule has 0 radical (unpaired) electrons. The molecule has 0 spiro atoms. The first-order chi connectivity index (χ1) is 13.2. The number of nitrogens with zero attached hydrogens (tertiary/aromatic N) is 2. The molecule has 3 N–H and O–H groups in total. The van der Waals surface area contributed by atoms with Gasteiger partial charge in [0.1, 0.15) is 5.54 Å². The topological polar surface area (TPSA) is 87.9 Å². The molecule has 2 amide bonds. The zero-order chi connectivity index (χ0) is 20.5. The second-order valence-electron chi connectivity index (χ2n) is 8.47. The van der Waals surface area contributed by atoms with Crippen LogP contribution in [0.4, 0.5) is 5.69 Å². The standard InChI is InChI=1S/C21H32N4O3.2ClH/c1-5-28-17-14-21(22,20(17,2)3)19(27)23-16-8-6-15(7-9-16)18(26)25-12-10-24(4)11-13-25;;/h6-9,17H,5,10-14,22H2,1-4H3,(H,23,27);2*1H. The first-order valence-corrected chi connectivity index (χ1v) is 9.99. The van der Waals surface area contributed by atoms with Gasteiger partial charge in [0.05, 0.1) is 6.10 Å². The Balaban J connectivity index is 0.00000225. The average molecular weight is 461 g/mol. The van der Waals surface area contributed by atoms with Gasteiger partial charge in [-0.15, -0.1) is 24.8 Å². The molecule has 3 rings (SSSR count). The molecule has 2 unspecified atom stereocenters. The van der Waals surface area contributed by atoms with E-state index in [-0.39, 0.29) is 42.7 Å². The summed E-state index contributed by atoms with van der Waals surface area (Å²) in [5.41, 5.74) is 6.28. The van der Waals surface area contributed by atoms with E-state index in [2.05, 4.69) is 17.3 Å². The van der Waals surface area contributed by atoms with E-state index in [1.807, 2.05) is 25.7 Å². The van der Waals surface area contributed by atoms with Gasteiger partial charge in [0.25, 0.3) is 5.91 Å². The fourth-order valence-corrected chi connectivity index (χ4v) is 3.95. The maximum absolute atomic E-state index is 12.8. The van der Waals surface area contributed by atoms with Crippen molar-refractivity contribution in [3.8, 4) is 0 Å². The Morgan fingerprint density at radius 1 is 1.13 bits per heavy atom. The summed E-state index contributed by atoms with van der Waals surface area (Å²) >= 11 is 0. The van der Waals surface area contributed by atoms with Crippen LogP contribution in [0.1, 0.15) is 37.6 Å². The molecule has 170 valence electrons. The molecule has 9 heteroatoms. The number of nitrogens with two attached hydrogens (primary N) is 1. The Labute approximate surface area is 191 Å². The minimum Gasteiger partial charge on any atom is -0.378 e. The highest BCUT2D eigenvalue weighted by atomic mass is 35.5. The highest BCUT2D eigenvalue weighted by Gasteiger charge is 2.62. The highest BCUT2D eigenvalue weighted by molar-refractivity contribution is 6.00. The number of ether oxygens (including phenoxy) is 1. The Morgan fingerprint density at radius 2 is 1.70 bits per heavy atom. The van der Waals surface area contributed by atoms with Crippen molar-refractivity contribution >= 4 is 42.3 Å². The highest BCUT2D eigenvalue weighted by Crippen LogP contribution is 2.50. The summed E-state index contributed by atoms with van der Waals surface area (Å²) in [5, 5.41) is 2.90. The molecule has 0 bridgehead atoms. The molecule has 2 fully saturated rings. The summed E-state index contributed by atoms with van der Waals surface area (Å²) in [7, 11) is 2.06. The van der Waals surface area contributed by atoms with Crippen LogP contribution >= 0.6 is 24.8 Å². The van der Waals surface area contributed by atoms with Crippen LogP contribution in [0.3, 0.4) is 0 Å². The van der Waals surface area contributed by atoms with Crippen molar-refractivity contribution in [2.24, 2.45) is 11.1 Å². The van der Waals surface area contributed by atoms with Gasteiger partial charge in [0, 0.05) is 55.9 Å². The van der Waals surface area contributed by atoms with E-state index in [4.69, 9.17) is 10.5 Å². The number of carbonyl (C=O) groups is 2. The maximum atomic E-state index is 12.8. The van der Waals surface area contributed by atoms with Crippen molar-refractivity contribution < 1.29 is 14.3 Å². The Hall–Kier alpha value is -1.38. The number of rotatable bonds is 5. The predicted octanol–water partition coefficient (Wildman–Crippen LogP) is 2.39. The lowest BCUT2D eigenvalue weighted by molar-refractivity contribution is -0.166. The fraction of sp³-hybridized carbons (Fsp3) is 0.619. The monoisotopic (exact) mass is 460 g/mol. The van der Waals surface area contributed by atoms with Crippen molar-refractivity contribution in [3.05, 3.63) is 29.8 Å². The van der Waals surface area contributed by atoms with Gasteiger partial charge < -0.3 is 25.6 Å². The van der Waals surface area contributed by atoms with Crippen molar-refractivity contribution in [2.75, 3.05) is 45.2 Å². The van der Waals surface area contributed by atoms with Crippen molar-refractivity contribution in [1.82, 2.24) is 9.80 Å². The van der Waals surface area contributed by atoms with E-state index in [0.717, 1.165) is 26.2 Å². The number of amides is 2. The summed E-state index contributed by atoms with van der Waals surface area (Å²) in [6.07, 6.45) is 0.483. The summed E-state index contributed by atoms with van der Waals surface area (Å²) in [4.78, 5) is 29.5. The molecule has 2 atom stereocenters. The van der Waals surface area contributed by atoms with Crippen molar-refractivity contribution in [1.29, 1.82) is 0 Å². The quantitative estimate of drug-likeness (QED) is 0.703. The summed E-state index contributed by atoms with van der Waals surface area (Å²) in [6.45, 7) is 9.72. The molecule has 1 aliphatic heterocycles. The van der Waals surface area contributed by atoms with E-state index in [9.17, 15) is 9.59 Å². The van der Waals surface area contributed by atoms with Gasteiger partial charge in [-0.3, -0.25) is 9.59 Å². The van der Waals surface area contributed by atoms with Crippen LogP contribution < -0.4 is 11.1 Å². The van der Waals surface area contributed by atoms with Gasteiger partial charge >= 0.3 is 0 Å². The average Bonchev–Trinajstić information content (AvgIpc) is 2.68. The van der Waals surface area contributed by atoms with Gasteiger partial charge in [0.15, 0.2) is 0 Å². The third kappa shape index (κ3) is 4.92. The molecule has 1 saturated heterocycles. The number of anilines is 1. The lowest BCUT2D eigenvalue weighted by atomic mass is 9.54. The van der Waals surface area contributed by atoms with Gasteiger partial charge in [0.2, 0.25) is 5.91 Å². The second kappa shape index (κ2) is 10.3. The molecular weight excluding hydrogens is 427 g/mol. The SMILES string of the molecule is CCOC1CC(N)(C(=O)Nc2ccc(C(=O)N3CCN(C)CC3)cc2)C1(C)C.Cl.Cl. The van der Waals surface area contributed by atoms with Crippen LogP contribution in [0, 0.1) is 5.41 Å². The van der Waals surface area contributed by atoms with Gasteiger partial charge in [-0.05, 0) is 38.2 Å². The van der Waals surface area contributed by atoms with Crippen LogP contribution in [0.15, 0.2) is 24.3 Å². The van der Waals surface area contributed by atoms with Gasteiger partial charge in [-0.1, -0.05) is 13.8 Å². The Bertz CT molecular complexity index is 736. The van der Waals surface area contributed by atoms with Gasteiger partial charge in [-0.2, -0.15) is 0 Å². The fourth-order valence-electron chi connectivity index (χ4n) is 3.95. The van der Waals surface area contributed by atoms with Crippen LogP contribution in [0.5, 0.6) is 0 Å². The summed E-state index contributed by atoms with van der Waals surface area (Å²) in [5.74, 6) is -0.187. The number of piperazine rings is 1. The number of nitrogens with one attached hydrogen (secondary N) is 1. The summed E-state index contributed by atoms with van der Waals surface area (Å²) < 4.78 is 5.69. The number of hydrogen-bond donors (Lipinski definition) is 2. The number of hydrogen-bond acceptors (Lipinski definition) is 5. The Kier molecular flexibility index (Phi) is 9.14. The molecule has 2 aliphatic rings. The third-order valence-corrected chi connectivity index (χ3v) is 6.42. The summed E-state index contributed by atoms with van der Waals surface area (Å²) in [6, 6.07) is 7.04. The molecule has 30 heavy (non-hydrogen) atoms. The van der Waals surface area contributed by atoms with E-state index in [1.54, 1.807) is 24.3 Å². The molecule has 1 aliphatic carbocycles. The molecule has 7 nitrogen and oxygen atoms in total. The normalized spacial score (nSPS) is 25.4. The number of halogens is 2. The molecule has 1 heterocycles. The lowest BCUT2D eigenvalue weighted by Gasteiger charge is -2.57. The van der Waals surface area contributed by atoms with Gasteiger partial charge in [-0.25, -0.2) is 0 Å². The molecule has 1 aromatic carbocycles. The van der Waals surface area contributed by atoms with Crippen molar-refractivity contribution in [3.63, 3.8) is 0 Å². The van der Waals surface area contributed by atoms with E-state index >= 15 is 0 Å². The third-order valence-electron chi connectivity index (χ3n) is 6.42. The smallest absolute Gasteiger partial charge is 0.253 e. The Morgan fingerprint density at radius 3 is 2.20 bits per heavy atom. The van der Waals surface area contributed by atoms with E-state index in [0.29, 0.717) is 24.3 Å². The molecular formula is C21H34Cl2N4O3. The molecule has 1 saturated carbocycles. The van der Waals surface area contributed by atoms with Crippen LogP contribution in [0.2, 0.25) is 0 Å². The second-order valence-corrected chi connectivity index (χ2v) is 8.47. The van der Waals surface area contributed by atoms with E-state index < -0.39 is 11.0 Å². The minimum absolute atomic E-state index is 0. The number of carbonyl (C=O) groups excluding carboxylic acids is 2. The maximum Gasteiger partial charge on any atom is 0.253 e. The zero-order valence-electron chi connectivity index (χ0n) is 18.1. The first kappa shape index (κ1) is 26.7. The lowest BCUT2D eigenvalue weighted by Crippen LogP contribution is -2.74. The predicted molar refractivity (Wildman–Crippen MR) is 124 cm³/mol. The largest absolute Gasteiger partial charge is 0.378 e. The van der Waals surface area contributed by atoms with Crippen molar-refractivity contribution in [2.45, 2.75) is 38.8 Å². The minimum atomic E-state index is -0.971. The van der Waals surface area contributed by atoms with Crippen LogP contribution in [-0.4, -0.2) is 73.1 Å². The molecule has 1 aromatic rings. The number of likely N-dealkylation sites (N-methyl/N-ethyl adjacent to an activating group) is 1. The van der Waals surface area contributed by atoms with Crippen LogP contribution in [0.25, 0.3) is 0 Å². The zero-order valence-corrected chi connectivity index (χ0v) is 19.8. The number of benzene rings is 1. The molecule has 0 aromatic heterocycles.